The molecular weight excluding hydrogens is 316 g/mol. The zero-order valence-corrected chi connectivity index (χ0v) is 14.2. The van der Waals surface area contributed by atoms with E-state index in [4.69, 9.17) is 14.7 Å². The van der Waals surface area contributed by atoms with Crippen molar-refractivity contribution in [1.29, 1.82) is 5.26 Å². The highest BCUT2D eigenvalue weighted by Gasteiger charge is 2.19. The molecule has 0 unspecified atom stereocenters. The van der Waals surface area contributed by atoms with E-state index in [0.29, 0.717) is 25.2 Å². The van der Waals surface area contributed by atoms with Crippen LogP contribution in [0.2, 0.25) is 0 Å². The lowest BCUT2D eigenvalue weighted by Crippen LogP contribution is -2.04. The minimum atomic E-state index is -0.314. The van der Waals surface area contributed by atoms with Gasteiger partial charge in [0, 0.05) is 24.1 Å². The number of benzene rings is 1. The number of carbonyl (C=O) groups excluding carboxylic acids is 1. The maximum Gasteiger partial charge on any atom is 0.340 e. The fraction of sp³-hybridized carbons (Fsp3) is 0.300. The quantitative estimate of drug-likeness (QED) is 0.475. The number of unbranched alkanes of at least 4 members (excludes halogenated alkanes) is 2. The first-order chi connectivity index (χ1) is 12.3. The largest absolute Gasteiger partial charge is 0.494 e. The molecule has 1 aromatic carbocycles. The van der Waals surface area contributed by atoms with Crippen LogP contribution in [0.1, 0.15) is 36.5 Å². The second-order valence-corrected chi connectivity index (χ2v) is 5.69. The van der Waals surface area contributed by atoms with E-state index in [0.717, 1.165) is 35.0 Å². The van der Waals surface area contributed by atoms with Gasteiger partial charge in [-0.3, -0.25) is 0 Å². The molecule has 0 amide bonds. The van der Waals surface area contributed by atoms with Crippen LogP contribution in [0, 0.1) is 11.3 Å². The van der Waals surface area contributed by atoms with Crippen molar-refractivity contribution in [2.45, 2.75) is 26.2 Å². The van der Waals surface area contributed by atoms with Crippen molar-refractivity contribution in [3.05, 3.63) is 48.2 Å². The van der Waals surface area contributed by atoms with E-state index in [2.05, 4.69) is 6.07 Å². The van der Waals surface area contributed by atoms with E-state index in [1.807, 2.05) is 47.0 Å². The summed E-state index contributed by atoms with van der Waals surface area (Å²) in [6.45, 7) is 2.71. The molecule has 0 N–H and O–H groups in total. The molecule has 0 saturated carbocycles. The molecule has 2 heterocycles. The summed E-state index contributed by atoms with van der Waals surface area (Å²) in [6, 6.07) is 13.6. The van der Waals surface area contributed by atoms with Crippen molar-refractivity contribution < 1.29 is 14.3 Å². The number of nitrogens with zero attached hydrogens (tertiary/aromatic N) is 2. The smallest absolute Gasteiger partial charge is 0.340 e. The molecule has 0 aliphatic heterocycles. The van der Waals surface area contributed by atoms with Gasteiger partial charge in [0.15, 0.2) is 0 Å². The molecule has 0 saturated heterocycles. The van der Waals surface area contributed by atoms with Crippen molar-refractivity contribution in [2.75, 3.05) is 13.2 Å². The van der Waals surface area contributed by atoms with Gasteiger partial charge in [0.25, 0.3) is 0 Å². The monoisotopic (exact) mass is 336 g/mol. The number of nitriles is 1. The Hall–Kier alpha value is -3.00. The van der Waals surface area contributed by atoms with Crippen molar-refractivity contribution in [3.63, 3.8) is 0 Å². The zero-order chi connectivity index (χ0) is 17.6. The summed E-state index contributed by atoms with van der Waals surface area (Å²) in [5.74, 6) is 0.439. The standard InChI is InChI=1S/C20H20N2O3/c1-2-24-20(23)19-16-10-9-15(25-13-7-3-5-11-21)14-18(16)22-12-6-4-8-17(19)22/h4,6,8-10,12,14H,2-3,5,7,13H2,1H3. The summed E-state index contributed by atoms with van der Waals surface area (Å²) < 4.78 is 13.0. The predicted molar refractivity (Wildman–Crippen MR) is 95.8 cm³/mol. The Labute approximate surface area is 146 Å². The highest BCUT2D eigenvalue weighted by molar-refractivity contribution is 6.11. The van der Waals surface area contributed by atoms with E-state index in [1.165, 1.54) is 0 Å². The fourth-order valence-electron chi connectivity index (χ4n) is 2.92. The summed E-state index contributed by atoms with van der Waals surface area (Å²) in [5, 5.41) is 9.40. The van der Waals surface area contributed by atoms with Crippen LogP contribution in [0.15, 0.2) is 42.6 Å². The Morgan fingerprint density at radius 3 is 2.88 bits per heavy atom. The van der Waals surface area contributed by atoms with Crippen LogP contribution in [0.3, 0.4) is 0 Å². The molecule has 5 heteroatoms. The van der Waals surface area contributed by atoms with E-state index in [1.54, 1.807) is 6.92 Å². The second-order valence-electron chi connectivity index (χ2n) is 5.69. The van der Waals surface area contributed by atoms with Crippen LogP contribution < -0.4 is 4.74 Å². The minimum absolute atomic E-state index is 0.314. The Morgan fingerprint density at radius 1 is 1.20 bits per heavy atom. The molecule has 0 aliphatic carbocycles. The third kappa shape index (κ3) is 3.43. The van der Waals surface area contributed by atoms with Gasteiger partial charge in [-0.05, 0) is 44.0 Å². The number of fused-ring (bicyclic) bond motifs is 3. The normalized spacial score (nSPS) is 10.7. The first-order valence-electron chi connectivity index (χ1n) is 8.46. The Balaban J connectivity index is 1.95. The summed E-state index contributed by atoms with van der Waals surface area (Å²) in [4.78, 5) is 12.4. The number of aromatic nitrogens is 1. The average Bonchev–Trinajstić information content (AvgIpc) is 2.96. The first kappa shape index (κ1) is 16.8. The van der Waals surface area contributed by atoms with Gasteiger partial charge >= 0.3 is 5.97 Å². The van der Waals surface area contributed by atoms with Gasteiger partial charge < -0.3 is 13.9 Å². The number of hydrogen-bond donors (Lipinski definition) is 0. The fourth-order valence-corrected chi connectivity index (χ4v) is 2.92. The lowest BCUT2D eigenvalue weighted by atomic mass is 10.1. The molecule has 5 nitrogen and oxygen atoms in total. The van der Waals surface area contributed by atoms with Crippen LogP contribution >= 0.6 is 0 Å². The van der Waals surface area contributed by atoms with Gasteiger partial charge in [-0.25, -0.2) is 4.79 Å². The zero-order valence-electron chi connectivity index (χ0n) is 14.2. The molecule has 2 aromatic heterocycles. The van der Waals surface area contributed by atoms with Gasteiger partial charge in [0.1, 0.15) is 5.75 Å². The van der Waals surface area contributed by atoms with E-state index < -0.39 is 0 Å². The van der Waals surface area contributed by atoms with Gasteiger partial charge in [-0.1, -0.05) is 6.07 Å². The molecule has 25 heavy (non-hydrogen) atoms. The number of rotatable bonds is 7. The number of esters is 1. The van der Waals surface area contributed by atoms with E-state index >= 15 is 0 Å². The number of carbonyl (C=O) groups is 1. The van der Waals surface area contributed by atoms with Gasteiger partial charge in [0.2, 0.25) is 0 Å². The minimum Gasteiger partial charge on any atom is -0.494 e. The van der Waals surface area contributed by atoms with Crippen LogP contribution in [0.5, 0.6) is 5.75 Å². The molecule has 128 valence electrons. The Kier molecular flexibility index (Phi) is 5.20. The van der Waals surface area contributed by atoms with Crippen molar-refractivity contribution in [3.8, 4) is 11.8 Å². The molecule has 0 fully saturated rings. The maximum absolute atomic E-state index is 12.4. The molecule has 0 bridgehead atoms. The first-order valence-corrected chi connectivity index (χ1v) is 8.46. The van der Waals surface area contributed by atoms with E-state index in [-0.39, 0.29) is 5.97 Å². The summed E-state index contributed by atoms with van der Waals surface area (Å²) in [5.41, 5.74) is 2.31. The second kappa shape index (κ2) is 7.71. The lowest BCUT2D eigenvalue weighted by molar-refractivity contribution is 0.0531. The Morgan fingerprint density at radius 2 is 2.08 bits per heavy atom. The third-order valence-corrected chi connectivity index (χ3v) is 4.05. The third-order valence-electron chi connectivity index (χ3n) is 4.05. The molecule has 0 aliphatic rings. The number of ether oxygens (including phenoxy) is 2. The van der Waals surface area contributed by atoms with Gasteiger partial charge in [-0.2, -0.15) is 5.26 Å². The summed E-state index contributed by atoms with van der Waals surface area (Å²) in [7, 11) is 0. The highest BCUT2D eigenvalue weighted by atomic mass is 16.5. The maximum atomic E-state index is 12.4. The predicted octanol–water partition coefficient (Wildman–Crippen LogP) is 4.34. The van der Waals surface area contributed by atoms with Crippen LogP contribution in [0.25, 0.3) is 16.4 Å². The summed E-state index contributed by atoms with van der Waals surface area (Å²) >= 11 is 0. The van der Waals surface area contributed by atoms with Crippen molar-refractivity contribution in [1.82, 2.24) is 4.40 Å². The topological polar surface area (TPSA) is 63.7 Å². The van der Waals surface area contributed by atoms with Crippen LogP contribution in [-0.2, 0) is 4.74 Å². The average molecular weight is 336 g/mol. The van der Waals surface area contributed by atoms with Crippen molar-refractivity contribution in [2.24, 2.45) is 0 Å². The number of pyridine rings is 1. The van der Waals surface area contributed by atoms with E-state index in [9.17, 15) is 4.79 Å². The van der Waals surface area contributed by atoms with Crippen molar-refractivity contribution >= 4 is 22.4 Å². The summed E-state index contributed by atoms with van der Waals surface area (Å²) in [6.07, 6.45) is 4.15. The SMILES string of the molecule is CCOC(=O)c1c2ccc(OCCCCC#N)cc2n2ccccc12. The Bertz CT molecular complexity index is 937. The van der Waals surface area contributed by atoms with Gasteiger partial charge in [0.05, 0.1) is 35.9 Å². The highest BCUT2D eigenvalue weighted by Crippen LogP contribution is 2.30. The molecule has 0 radical (unpaired) electrons. The van der Waals surface area contributed by atoms with Gasteiger partial charge in [-0.15, -0.1) is 0 Å². The molecule has 0 atom stereocenters. The number of hydrogen-bond acceptors (Lipinski definition) is 4. The molecule has 0 spiro atoms. The molecule has 3 rings (SSSR count). The molecule has 3 aromatic rings. The van der Waals surface area contributed by atoms with Crippen LogP contribution in [-0.4, -0.2) is 23.6 Å². The lowest BCUT2D eigenvalue weighted by Gasteiger charge is -2.06. The molecular formula is C20H20N2O3. The van der Waals surface area contributed by atoms with Crippen LogP contribution in [0.4, 0.5) is 0 Å².